The quantitative estimate of drug-likeness (QED) is 0.505. The predicted octanol–water partition coefficient (Wildman–Crippen LogP) is 5.42. The van der Waals surface area contributed by atoms with Crippen LogP contribution in [0.25, 0.3) is 22.4 Å². The first-order chi connectivity index (χ1) is 15.7. The van der Waals surface area contributed by atoms with Gasteiger partial charge < -0.3 is 15.6 Å². The van der Waals surface area contributed by atoms with Crippen molar-refractivity contribution >= 4 is 28.5 Å². The lowest BCUT2D eigenvalue weighted by atomic mass is 9.88. The van der Waals surface area contributed by atoms with E-state index in [1.807, 2.05) is 42.5 Å². The summed E-state index contributed by atoms with van der Waals surface area (Å²) in [6.07, 6.45) is 10.0. The molecule has 3 aromatic rings. The van der Waals surface area contributed by atoms with Crippen LogP contribution in [0, 0.1) is 5.92 Å². The number of imidazole rings is 1. The minimum Gasteiger partial charge on any atom is -0.349 e. The predicted molar refractivity (Wildman–Crippen MR) is 126 cm³/mol. The Morgan fingerprint density at radius 2 is 1.59 bits per heavy atom. The van der Waals surface area contributed by atoms with Crippen LogP contribution in [0.15, 0.2) is 42.5 Å². The molecule has 5 rings (SSSR count). The molecule has 0 unspecified atom stereocenters. The van der Waals surface area contributed by atoms with Crippen LogP contribution in [0.1, 0.15) is 68.1 Å². The van der Waals surface area contributed by atoms with Gasteiger partial charge in [-0.15, -0.1) is 0 Å². The maximum atomic E-state index is 12.6. The third-order valence-electron chi connectivity index (χ3n) is 6.84. The largest absolute Gasteiger partial charge is 0.349 e. The van der Waals surface area contributed by atoms with Crippen LogP contribution in [0.5, 0.6) is 0 Å². The number of benzene rings is 2. The van der Waals surface area contributed by atoms with Crippen molar-refractivity contribution in [1.82, 2.24) is 15.3 Å². The summed E-state index contributed by atoms with van der Waals surface area (Å²) in [5.74, 6) is 0.995. The number of carbonyl (C=O) groups is 2. The average molecular weight is 431 g/mol. The minimum atomic E-state index is -0.0204. The molecule has 0 atom stereocenters. The standard InChI is InChI=1S/C26H30N4O2/c31-25(18-6-2-1-3-7-18)28-21-13-10-17(11-14-21)24-29-22-15-12-19(16-23(22)30-24)26(32)27-20-8-4-5-9-20/h10-16,18,20H,1-9H2,(H,27,32)(H,28,31)(H,29,30). The third kappa shape index (κ3) is 4.54. The molecule has 1 heterocycles. The molecule has 166 valence electrons. The fourth-order valence-corrected chi connectivity index (χ4v) is 4.95. The van der Waals surface area contributed by atoms with Crippen molar-refractivity contribution in [2.75, 3.05) is 5.32 Å². The molecule has 1 aromatic heterocycles. The van der Waals surface area contributed by atoms with Gasteiger partial charge >= 0.3 is 0 Å². The number of aromatic amines is 1. The molecule has 0 radical (unpaired) electrons. The topological polar surface area (TPSA) is 86.9 Å². The van der Waals surface area contributed by atoms with Crippen LogP contribution in [-0.4, -0.2) is 27.8 Å². The zero-order valence-electron chi connectivity index (χ0n) is 18.3. The van der Waals surface area contributed by atoms with E-state index < -0.39 is 0 Å². The second kappa shape index (κ2) is 9.15. The van der Waals surface area contributed by atoms with Crippen LogP contribution in [0.4, 0.5) is 5.69 Å². The van der Waals surface area contributed by atoms with Gasteiger partial charge in [0, 0.05) is 28.8 Å². The molecule has 32 heavy (non-hydrogen) atoms. The van der Waals surface area contributed by atoms with Gasteiger partial charge in [0.25, 0.3) is 5.91 Å². The number of rotatable bonds is 5. The average Bonchev–Trinajstić information content (AvgIpc) is 3.49. The summed E-state index contributed by atoms with van der Waals surface area (Å²) in [6, 6.07) is 13.7. The van der Waals surface area contributed by atoms with E-state index in [4.69, 9.17) is 0 Å². The van der Waals surface area contributed by atoms with Crippen molar-refractivity contribution < 1.29 is 9.59 Å². The molecule has 3 N–H and O–H groups in total. The Morgan fingerprint density at radius 3 is 2.34 bits per heavy atom. The highest BCUT2D eigenvalue weighted by Gasteiger charge is 2.21. The minimum absolute atomic E-state index is 0.0204. The number of nitrogens with one attached hydrogen (secondary N) is 3. The SMILES string of the molecule is O=C(NC1CCCC1)c1ccc2nc(-c3ccc(NC(=O)C4CCCCC4)cc3)[nH]c2c1. The second-order valence-corrected chi connectivity index (χ2v) is 9.17. The number of carbonyl (C=O) groups excluding carboxylic acids is 2. The highest BCUT2D eigenvalue weighted by atomic mass is 16.2. The van der Waals surface area contributed by atoms with Crippen molar-refractivity contribution in [2.45, 2.75) is 63.8 Å². The molecular formula is C26H30N4O2. The molecule has 0 saturated heterocycles. The second-order valence-electron chi connectivity index (χ2n) is 9.17. The molecule has 2 aliphatic rings. The first-order valence-electron chi connectivity index (χ1n) is 11.9. The number of hydrogen-bond acceptors (Lipinski definition) is 3. The third-order valence-corrected chi connectivity index (χ3v) is 6.84. The molecule has 2 saturated carbocycles. The van der Waals surface area contributed by atoms with Crippen LogP contribution >= 0.6 is 0 Å². The zero-order valence-corrected chi connectivity index (χ0v) is 18.3. The Balaban J connectivity index is 1.27. The van der Waals surface area contributed by atoms with E-state index in [1.165, 1.54) is 19.3 Å². The molecule has 2 fully saturated rings. The normalized spacial score (nSPS) is 17.5. The van der Waals surface area contributed by atoms with Gasteiger partial charge in [-0.3, -0.25) is 9.59 Å². The van der Waals surface area contributed by atoms with Crippen molar-refractivity contribution in [3.63, 3.8) is 0 Å². The highest BCUT2D eigenvalue weighted by molar-refractivity contribution is 5.98. The van der Waals surface area contributed by atoms with Gasteiger partial charge in [0.2, 0.25) is 5.91 Å². The number of fused-ring (bicyclic) bond motifs is 1. The lowest BCUT2D eigenvalue weighted by molar-refractivity contribution is -0.120. The van der Waals surface area contributed by atoms with Crippen LogP contribution in [0.2, 0.25) is 0 Å². The Kier molecular flexibility index (Phi) is 5.93. The van der Waals surface area contributed by atoms with E-state index in [9.17, 15) is 9.59 Å². The molecule has 2 aromatic carbocycles. The summed E-state index contributed by atoms with van der Waals surface area (Å²) in [4.78, 5) is 33.1. The molecular weight excluding hydrogens is 400 g/mol. The number of amides is 2. The molecule has 2 aliphatic carbocycles. The fourth-order valence-electron chi connectivity index (χ4n) is 4.95. The summed E-state index contributed by atoms with van der Waals surface area (Å²) >= 11 is 0. The van der Waals surface area contributed by atoms with Gasteiger partial charge in [-0.05, 0) is 68.1 Å². The van der Waals surface area contributed by atoms with E-state index in [0.29, 0.717) is 11.6 Å². The molecule has 6 heteroatoms. The number of aromatic nitrogens is 2. The fraction of sp³-hybridized carbons (Fsp3) is 0.423. The Bertz CT molecular complexity index is 1110. The number of anilines is 1. The summed E-state index contributed by atoms with van der Waals surface area (Å²) in [6.45, 7) is 0. The molecule has 6 nitrogen and oxygen atoms in total. The first-order valence-corrected chi connectivity index (χ1v) is 11.9. The zero-order chi connectivity index (χ0) is 21.9. The van der Waals surface area contributed by atoms with E-state index in [2.05, 4.69) is 20.6 Å². The smallest absolute Gasteiger partial charge is 0.251 e. The summed E-state index contributed by atoms with van der Waals surface area (Å²) in [5, 5.41) is 6.19. The Labute approximate surface area is 188 Å². The van der Waals surface area contributed by atoms with E-state index in [0.717, 1.165) is 66.6 Å². The first kappa shape index (κ1) is 20.7. The van der Waals surface area contributed by atoms with Crippen LogP contribution < -0.4 is 10.6 Å². The maximum Gasteiger partial charge on any atom is 0.251 e. The summed E-state index contributed by atoms with van der Waals surface area (Å²) < 4.78 is 0. The monoisotopic (exact) mass is 430 g/mol. The lowest BCUT2D eigenvalue weighted by Crippen LogP contribution is -2.32. The Morgan fingerprint density at radius 1 is 0.875 bits per heavy atom. The number of hydrogen-bond donors (Lipinski definition) is 3. The van der Waals surface area contributed by atoms with Crippen LogP contribution in [0.3, 0.4) is 0 Å². The molecule has 0 bridgehead atoms. The summed E-state index contributed by atoms with van der Waals surface area (Å²) in [5.41, 5.74) is 4.07. The van der Waals surface area contributed by atoms with Gasteiger partial charge in [0.05, 0.1) is 11.0 Å². The Hall–Kier alpha value is -3.15. The van der Waals surface area contributed by atoms with Gasteiger partial charge in [-0.25, -0.2) is 4.98 Å². The molecule has 0 spiro atoms. The molecule has 2 amide bonds. The van der Waals surface area contributed by atoms with Crippen molar-refractivity contribution in [3.8, 4) is 11.4 Å². The summed E-state index contributed by atoms with van der Waals surface area (Å²) in [7, 11) is 0. The van der Waals surface area contributed by atoms with Crippen molar-refractivity contribution in [1.29, 1.82) is 0 Å². The highest BCUT2D eigenvalue weighted by Crippen LogP contribution is 2.26. The van der Waals surface area contributed by atoms with E-state index >= 15 is 0 Å². The van der Waals surface area contributed by atoms with Gasteiger partial charge in [0.1, 0.15) is 5.82 Å². The van der Waals surface area contributed by atoms with Crippen molar-refractivity contribution in [3.05, 3.63) is 48.0 Å². The molecule has 0 aliphatic heterocycles. The maximum absolute atomic E-state index is 12.6. The lowest BCUT2D eigenvalue weighted by Gasteiger charge is -2.20. The van der Waals surface area contributed by atoms with Gasteiger partial charge in [-0.2, -0.15) is 0 Å². The number of nitrogens with zero attached hydrogens (tertiary/aromatic N) is 1. The van der Waals surface area contributed by atoms with Crippen LogP contribution in [-0.2, 0) is 4.79 Å². The number of H-pyrrole nitrogens is 1. The van der Waals surface area contributed by atoms with E-state index in [1.54, 1.807) is 0 Å². The van der Waals surface area contributed by atoms with Gasteiger partial charge in [-0.1, -0.05) is 32.1 Å². The van der Waals surface area contributed by atoms with E-state index in [-0.39, 0.29) is 17.7 Å². The van der Waals surface area contributed by atoms with Gasteiger partial charge in [0.15, 0.2) is 0 Å². The van der Waals surface area contributed by atoms with Crippen molar-refractivity contribution in [2.24, 2.45) is 5.92 Å².